The molecule has 3 heterocycles. The normalized spacial score (nSPS) is 11.3. The number of benzene rings is 1. The fraction of sp³-hybridized carbons (Fsp3) is 0.409. The van der Waals surface area contributed by atoms with Crippen LogP contribution in [0.25, 0.3) is 16.9 Å². The Morgan fingerprint density at radius 2 is 1.87 bits per heavy atom. The van der Waals surface area contributed by atoms with Gasteiger partial charge in [-0.1, -0.05) is 51.0 Å². The number of unbranched alkanes of at least 4 members (excludes halogenated alkanes) is 2. The average molecular weight is 405 g/mol. The Kier molecular flexibility index (Phi) is 6.32. The van der Waals surface area contributed by atoms with E-state index in [4.69, 9.17) is 10.1 Å². The fourth-order valence-electron chi connectivity index (χ4n) is 3.56. The second-order valence-electron chi connectivity index (χ2n) is 7.49. The van der Waals surface area contributed by atoms with Crippen LogP contribution in [-0.4, -0.2) is 40.0 Å². The molecule has 0 aliphatic carbocycles. The fourth-order valence-corrected chi connectivity index (χ4v) is 3.56. The number of hydrogen-bond acceptors (Lipinski definition) is 5. The summed E-state index contributed by atoms with van der Waals surface area (Å²) in [5.74, 6) is 2.88. The van der Waals surface area contributed by atoms with Gasteiger partial charge in [-0.25, -0.2) is 9.67 Å². The Morgan fingerprint density at radius 3 is 2.67 bits per heavy atom. The minimum Gasteiger partial charge on any atom is -0.346 e. The Balaban J connectivity index is 1.62. The maximum atomic E-state index is 4.84. The van der Waals surface area contributed by atoms with E-state index in [-0.39, 0.29) is 0 Å². The first-order valence-corrected chi connectivity index (χ1v) is 10.7. The SMILES string of the molecule is CCCCc1nc(CCCC)n(Cc2ccccc2-c2c[nH]c(-n3cnnn3)c2)n1. The Hall–Kier alpha value is -3.29. The van der Waals surface area contributed by atoms with Crippen LogP contribution < -0.4 is 0 Å². The lowest BCUT2D eigenvalue weighted by Crippen LogP contribution is -2.08. The van der Waals surface area contributed by atoms with Crippen LogP contribution in [-0.2, 0) is 19.4 Å². The molecule has 0 aliphatic rings. The van der Waals surface area contributed by atoms with Crippen molar-refractivity contribution in [3.8, 4) is 16.9 Å². The van der Waals surface area contributed by atoms with Gasteiger partial charge in [0.1, 0.15) is 18.0 Å². The van der Waals surface area contributed by atoms with Gasteiger partial charge in [-0.2, -0.15) is 9.78 Å². The first kappa shape index (κ1) is 20.0. The van der Waals surface area contributed by atoms with Crippen molar-refractivity contribution >= 4 is 0 Å². The highest BCUT2D eigenvalue weighted by atomic mass is 15.5. The predicted octanol–water partition coefficient (Wildman–Crippen LogP) is 3.98. The zero-order chi connectivity index (χ0) is 20.8. The number of aromatic nitrogens is 8. The van der Waals surface area contributed by atoms with E-state index in [1.807, 2.05) is 6.20 Å². The van der Waals surface area contributed by atoms with Crippen molar-refractivity contribution in [1.82, 2.24) is 40.0 Å². The number of nitrogens with zero attached hydrogens (tertiary/aromatic N) is 7. The van der Waals surface area contributed by atoms with Crippen molar-refractivity contribution in [2.45, 2.75) is 58.9 Å². The van der Waals surface area contributed by atoms with Crippen LogP contribution in [0.1, 0.15) is 56.7 Å². The second kappa shape index (κ2) is 9.47. The maximum Gasteiger partial charge on any atom is 0.150 e. The van der Waals surface area contributed by atoms with E-state index in [1.54, 1.807) is 11.0 Å². The summed E-state index contributed by atoms with van der Waals surface area (Å²) in [6.07, 6.45) is 10.0. The van der Waals surface area contributed by atoms with Gasteiger partial charge < -0.3 is 4.98 Å². The van der Waals surface area contributed by atoms with Crippen LogP contribution in [0.4, 0.5) is 0 Å². The molecule has 8 heteroatoms. The van der Waals surface area contributed by atoms with Gasteiger partial charge in [0.25, 0.3) is 0 Å². The van der Waals surface area contributed by atoms with Crippen LogP contribution in [0.3, 0.4) is 0 Å². The highest BCUT2D eigenvalue weighted by Gasteiger charge is 2.14. The van der Waals surface area contributed by atoms with Crippen LogP contribution >= 0.6 is 0 Å². The summed E-state index contributed by atoms with van der Waals surface area (Å²) in [6.45, 7) is 5.12. The molecule has 1 aromatic carbocycles. The van der Waals surface area contributed by atoms with Gasteiger partial charge >= 0.3 is 0 Å². The molecule has 0 saturated carbocycles. The highest BCUT2D eigenvalue weighted by Crippen LogP contribution is 2.26. The summed E-state index contributed by atoms with van der Waals surface area (Å²) < 4.78 is 3.71. The van der Waals surface area contributed by atoms with Crippen molar-refractivity contribution < 1.29 is 0 Å². The van der Waals surface area contributed by atoms with Crippen molar-refractivity contribution in [2.75, 3.05) is 0 Å². The van der Waals surface area contributed by atoms with Crippen LogP contribution in [0.2, 0.25) is 0 Å². The molecule has 30 heavy (non-hydrogen) atoms. The van der Waals surface area contributed by atoms with Gasteiger partial charge in [-0.3, -0.25) is 0 Å². The van der Waals surface area contributed by atoms with E-state index in [2.05, 4.69) is 69.4 Å². The number of aromatic amines is 1. The Labute approximate surface area is 176 Å². The quantitative estimate of drug-likeness (QED) is 0.432. The average Bonchev–Trinajstić information content (AvgIpc) is 3.52. The Morgan fingerprint density at radius 1 is 1.03 bits per heavy atom. The molecular weight excluding hydrogens is 376 g/mol. The number of hydrogen-bond donors (Lipinski definition) is 1. The van der Waals surface area contributed by atoms with E-state index in [0.717, 1.165) is 61.6 Å². The molecule has 156 valence electrons. The molecule has 0 unspecified atom stereocenters. The third-order valence-electron chi connectivity index (χ3n) is 5.21. The molecular formula is C22H28N8. The van der Waals surface area contributed by atoms with E-state index in [1.165, 1.54) is 11.1 Å². The molecule has 0 spiro atoms. The van der Waals surface area contributed by atoms with E-state index in [0.29, 0.717) is 6.54 Å². The highest BCUT2D eigenvalue weighted by molar-refractivity contribution is 5.68. The number of H-pyrrole nitrogens is 1. The summed E-state index contributed by atoms with van der Waals surface area (Å²) in [4.78, 5) is 8.09. The topological polar surface area (TPSA) is 90.1 Å². The standard InChI is InChI=1S/C22H28N8/c1-3-5-11-20-25-21(12-6-4-2)29(26-20)15-17-9-7-8-10-19(17)18-13-22(23-14-18)30-16-24-27-28-30/h7-10,13-14,16,23H,3-6,11-12,15H2,1-2H3. The maximum absolute atomic E-state index is 4.84. The van der Waals surface area contributed by atoms with Crippen LogP contribution in [0.15, 0.2) is 42.9 Å². The molecule has 4 aromatic rings. The molecule has 0 atom stereocenters. The summed E-state index contributed by atoms with van der Waals surface area (Å²) in [6, 6.07) is 10.5. The Bertz CT molecular complexity index is 1060. The van der Waals surface area contributed by atoms with Gasteiger partial charge in [0.2, 0.25) is 0 Å². The molecule has 0 saturated heterocycles. The van der Waals surface area contributed by atoms with E-state index >= 15 is 0 Å². The lowest BCUT2D eigenvalue weighted by atomic mass is 10.0. The van der Waals surface area contributed by atoms with Gasteiger partial charge in [0.05, 0.1) is 6.54 Å². The smallest absolute Gasteiger partial charge is 0.150 e. The monoisotopic (exact) mass is 404 g/mol. The molecule has 0 aliphatic heterocycles. The van der Waals surface area contributed by atoms with Gasteiger partial charge in [-0.05, 0) is 40.5 Å². The molecule has 3 aromatic heterocycles. The molecule has 0 radical (unpaired) electrons. The molecule has 4 rings (SSSR count). The van der Waals surface area contributed by atoms with Gasteiger partial charge in [-0.15, -0.1) is 5.10 Å². The minimum atomic E-state index is 0.708. The number of tetrazole rings is 1. The number of rotatable bonds is 10. The first-order chi connectivity index (χ1) is 14.8. The molecule has 1 N–H and O–H groups in total. The third-order valence-corrected chi connectivity index (χ3v) is 5.21. The predicted molar refractivity (Wildman–Crippen MR) is 115 cm³/mol. The summed E-state index contributed by atoms with van der Waals surface area (Å²) in [5, 5.41) is 16.2. The third kappa shape index (κ3) is 4.48. The van der Waals surface area contributed by atoms with Gasteiger partial charge in [0.15, 0.2) is 5.82 Å². The zero-order valence-corrected chi connectivity index (χ0v) is 17.6. The molecule has 8 nitrogen and oxygen atoms in total. The summed E-state index contributed by atoms with van der Waals surface area (Å²) in [7, 11) is 0. The number of nitrogens with one attached hydrogen (secondary N) is 1. The summed E-state index contributed by atoms with van der Waals surface area (Å²) >= 11 is 0. The summed E-state index contributed by atoms with van der Waals surface area (Å²) in [5.41, 5.74) is 3.47. The molecule has 0 fully saturated rings. The zero-order valence-electron chi connectivity index (χ0n) is 17.6. The minimum absolute atomic E-state index is 0.708. The van der Waals surface area contributed by atoms with Crippen LogP contribution in [0.5, 0.6) is 0 Å². The van der Waals surface area contributed by atoms with Crippen molar-refractivity contribution in [1.29, 1.82) is 0 Å². The van der Waals surface area contributed by atoms with Crippen LogP contribution in [0, 0.1) is 0 Å². The van der Waals surface area contributed by atoms with Crippen molar-refractivity contribution in [3.63, 3.8) is 0 Å². The lowest BCUT2D eigenvalue weighted by Gasteiger charge is -2.10. The van der Waals surface area contributed by atoms with E-state index < -0.39 is 0 Å². The second-order valence-corrected chi connectivity index (χ2v) is 7.49. The first-order valence-electron chi connectivity index (χ1n) is 10.7. The van der Waals surface area contributed by atoms with E-state index in [9.17, 15) is 0 Å². The van der Waals surface area contributed by atoms with Crippen molar-refractivity contribution in [2.24, 2.45) is 0 Å². The lowest BCUT2D eigenvalue weighted by molar-refractivity contribution is 0.612. The van der Waals surface area contributed by atoms with Crippen molar-refractivity contribution in [3.05, 3.63) is 60.1 Å². The largest absolute Gasteiger partial charge is 0.346 e. The molecule has 0 bridgehead atoms. The number of aryl methyl sites for hydroxylation is 2. The van der Waals surface area contributed by atoms with Gasteiger partial charge in [0, 0.05) is 24.6 Å². The molecule has 0 amide bonds.